The minimum absolute atomic E-state index is 0.707. The Balaban J connectivity index is 1.63. The molecule has 5 aromatic rings. The van der Waals surface area contributed by atoms with Crippen LogP contribution in [0.4, 0.5) is 28.4 Å². The van der Waals surface area contributed by atoms with Gasteiger partial charge >= 0.3 is 0 Å². The van der Waals surface area contributed by atoms with E-state index >= 15 is 0 Å². The van der Waals surface area contributed by atoms with Crippen LogP contribution in [0.2, 0.25) is 0 Å². The standard InChI is InChI=1S/C27H21N3O/c1-17-15-20-19-9-3-8-14-26(19)31-27(20)25(16-17)30-18(2)29(22-11-5-4-10-21(22)28)23-12-6-7-13-24(23)30/h3-16H,2,28H2,1H3. The van der Waals surface area contributed by atoms with Crippen LogP contribution in [-0.2, 0) is 0 Å². The number of rotatable bonds is 2. The number of fused-ring (bicyclic) bond motifs is 4. The van der Waals surface area contributed by atoms with Crippen LogP contribution in [0.25, 0.3) is 21.9 Å². The quantitative estimate of drug-likeness (QED) is 0.316. The summed E-state index contributed by atoms with van der Waals surface area (Å²) in [6, 6.07) is 28.7. The lowest BCUT2D eigenvalue weighted by Crippen LogP contribution is -2.21. The zero-order chi connectivity index (χ0) is 21.1. The summed E-state index contributed by atoms with van der Waals surface area (Å²) in [5.41, 5.74) is 13.9. The Morgan fingerprint density at radius 2 is 1.32 bits per heavy atom. The molecule has 6 rings (SSSR count). The van der Waals surface area contributed by atoms with Crippen LogP contribution in [0.1, 0.15) is 5.56 Å². The van der Waals surface area contributed by atoms with E-state index in [1.807, 2.05) is 54.6 Å². The van der Waals surface area contributed by atoms with Crippen molar-refractivity contribution < 1.29 is 4.42 Å². The van der Waals surface area contributed by atoms with Crippen LogP contribution in [0.5, 0.6) is 0 Å². The first-order valence-electron chi connectivity index (χ1n) is 10.3. The number of para-hydroxylation sites is 5. The molecule has 0 saturated carbocycles. The van der Waals surface area contributed by atoms with Crippen molar-refractivity contribution in [3.05, 3.63) is 103 Å². The monoisotopic (exact) mass is 403 g/mol. The number of nitrogen functional groups attached to an aromatic ring is 1. The summed E-state index contributed by atoms with van der Waals surface area (Å²) in [6.45, 7) is 6.58. The number of nitrogens with two attached hydrogens (primary N) is 1. The molecular weight excluding hydrogens is 382 g/mol. The summed E-state index contributed by atoms with van der Waals surface area (Å²) in [7, 11) is 0. The highest BCUT2D eigenvalue weighted by Gasteiger charge is 2.34. The molecule has 0 amide bonds. The average molecular weight is 403 g/mol. The molecule has 4 heteroatoms. The molecule has 1 aliphatic rings. The van der Waals surface area contributed by atoms with Gasteiger partial charge in [-0.15, -0.1) is 0 Å². The van der Waals surface area contributed by atoms with Crippen molar-refractivity contribution in [2.45, 2.75) is 6.92 Å². The largest absolute Gasteiger partial charge is 0.454 e. The van der Waals surface area contributed by atoms with Gasteiger partial charge in [0.2, 0.25) is 0 Å². The van der Waals surface area contributed by atoms with E-state index in [0.717, 1.165) is 56.1 Å². The summed E-state index contributed by atoms with van der Waals surface area (Å²) < 4.78 is 6.35. The van der Waals surface area contributed by atoms with Gasteiger partial charge in [-0.3, -0.25) is 9.80 Å². The first-order valence-corrected chi connectivity index (χ1v) is 10.3. The molecule has 0 radical (unpaired) electrons. The van der Waals surface area contributed by atoms with E-state index in [0.29, 0.717) is 5.69 Å². The third-order valence-electron chi connectivity index (χ3n) is 5.90. The fraction of sp³-hybridized carbons (Fsp3) is 0.0370. The predicted octanol–water partition coefficient (Wildman–Crippen LogP) is 7.24. The van der Waals surface area contributed by atoms with Crippen molar-refractivity contribution in [3.63, 3.8) is 0 Å². The SMILES string of the molecule is C=C1N(c2ccccc2N)c2ccccc2N1c1cc(C)cc2c1oc1ccccc12. The molecule has 2 N–H and O–H groups in total. The smallest absolute Gasteiger partial charge is 0.159 e. The Bertz CT molecular complexity index is 1500. The fourth-order valence-corrected chi connectivity index (χ4v) is 4.56. The van der Waals surface area contributed by atoms with E-state index in [1.54, 1.807) is 0 Å². The Morgan fingerprint density at radius 3 is 2.06 bits per heavy atom. The average Bonchev–Trinajstić information content (AvgIpc) is 3.29. The summed E-state index contributed by atoms with van der Waals surface area (Å²) in [6.07, 6.45) is 0. The molecule has 0 bridgehead atoms. The van der Waals surface area contributed by atoms with E-state index in [2.05, 4.69) is 53.6 Å². The number of furan rings is 1. The van der Waals surface area contributed by atoms with Crippen molar-refractivity contribution in [1.82, 2.24) is 0 Å². The Morgan fingerprint density at radius 1 is 0.710 bits per heavy atom. The Labute approximate surface area is 180 Å². The predicted molar refractivity (Wildman–Crippen MR) is 129 cm³/mol. The molecule has 4 nitrogen and oxygen atoms in total. The maximum atomic E-state index is 6.35. The maximum Gasteiger partial charge on any atom is 0.159 e. The Kier molecular flexibility index (Phi) is 3.65. The van der Waals surface area contributed by atoms with Crippen molar-refractivity contribution >= 4 is 50.4 Å². The normalized spacial score (nSPS) is 13.4. The molecule has 150 valence electrons. The minimum Gasteiger partial charge on any atom is -0.454 e. The van der Waals surface area contributed by atoms with Gasteiger partial charge in [0, 0.05) is 10.8 Å². The molecule has 1 aliphatic heterocycles. The minimum atomic E-state index is 0.707. The van der Waals surface area contributed by atoms with Gasteiger partial charge in [0.05, 0.1) is 28.4 Å². The van der Waals surface area contributed by atoms with Gasteiger partial charge in [-0.1, -0.05) is 49.0 Å². The number of hydrogen-bond acceptors (Lipinski definition) is 4. The lowest BCUT2D eigenvalue weighted by molar-refractivity contribution is 0.668. The summed E-state index contributed by atoms with van der Waals surface area (Å²) in [4.78, 5) is 4.28. The van der Waals surface area contributed by atoms with Gasteiger partial charge in [-0.25, -0.2) is 0 Å². The van der Waals surface area contributed by atoms with Crippen LogP contribution in [0.3, 0.4) is 0 Å². The number of anilines is 5. The lowest BCUT2D eigenvalue weighted by Gasteiger charge is -2.25. The third kappa shape index (κ3) is 2.48. The van der Waals surface area contributed by atoms with Crippen molar-refractivity contribution in [2.75, 3.05) is 15.5 Å². The van der Waals surface area contributed by atoms with E-state index in [-0.39, 0.29) is 0 Å². The number of benzene rings is 4. The number of hydrogen-bond donors (Lipinski definition) is 1. The molecule has 0 saturated heterocycles. The second-order valence-electron chi connectivity index (χ2n) is 7.89. The first kappa shape index (κ1) is 17.7. The van der Waals surface area contributed by atoms with Crippen LogP contribution in [0, 0.1) is 6.92 Å². The molecule has 0 aliphatic carbocycles. The molecule has 4 aromatic carbocycles. The summed E-state index contributed by atoms with van der Waals surface area (Å²) in [5, 5.41) is 2.22. The highest BCUT2D eigenvalue weighted by atomic mass is 16.3. The first-order chi connectivity index (χ1) is 15.1. The second-order valence-corrected chi connectivity index (χ2v) is 7.89. The van der Waals surface area contributed by atoms with Gasteiger partial charge in [-0.2, -0.15) is 0 Å². The van der Waals surface area contributed by atoms with Gasteiger partial charge in [0.1, 0.15) is 11.4 Å². The van der Waals surface area contributed by atoms with Crippen LogP contribution >= 0.6 is 0 Å². The zero-order valence-corrected chi connectivity index (χ0v) is 17.2. The molecule has 0 atom stereocenters. The fourth-order valence-electron chi connectivity index (χ4n) is 4.56. The highest BCUT2D eigenvalue weighted by Crippen LogP contribution is 2.52. The van der Waals surface area contributed by atoms with Gasteiger partial charge in [0.25, 0.3) is 0 Å². The van der Waals surface area contributed by atoms with Crippen molar-refractivity contribution in [2.24, 2.45) is 0 Å². The summed E-state index contributed by atoms with van der Waals surface area (Å²) in [5.74, 6) is 0.812. The van der Waals surface area contributed by atoms with Crippen LogP contribution in [0.15, 0.2) is 102 Å². The molecule has 1 aromatic heterocycles. The Hall–Kier alpha value is -4.18. The summed E-state index contributed by atoms with van der Waals surface area (Å²) >= 11 is 0. The third-order valence-corrected chi connectivity index (χ3v) is 5.90. The van der Waals surface area contributed by atoms with E-state index < -0.39 is 0 Å². The number of nitrogens with zero attached hydrogens (tertiary/aromatic N) is 2. The van der Waals surface area contributed by atoms with Crippen molar-refractivity contribution in [3.8, 4) is 0 Å². The molecule has 0 spiro atoms. The van der Waals surface area contributed by atoms with Crippen LogP contribution < -0.4 is 15.5 Å². The maximum absolute atomic E-state index is 6.35. The number of aryl methyl sites for hydroxylation is 1. The van der Waals surface area contributed by atoms with E-state index in [4.69, 9.17) is 10.2 Å². The molecular formula is C27H21N3O. The van der Waals surface area contributed by atoms with Gasteiger partial charge < -0.3 is 10.2 Å². The molecule has 2 heterocycles. The van der Waals surface area contributed by atoms with Gasteiger partial charge in [0.15, 0.2) is 5.58 Å². The molecule has 0 fully saturated rings. The lowest BCUT2D eigenvalue weighted by atomic mass is 10.1. The van der Waals surface area contributed by atoms with E-state index in [9.17, 15) is 0 Å². The highest BCUT2D eigenvalue weighted by molar-refractivity contribution is 6.11. The van der Waals surface area contributed by atoms with Crippen molar-refractivity contribution in [1.29, 1.82) is 0 Å². The second kappa shape index (κ2) is 6.41. The topological polar surface area (TPSA) is 45.6 Å². The van der Waals surface area contributed by atoms with Gasteiger partial charge in [-0.05, 0) is 55.0 Å². The molecule has 0 unspecified atom stereocenters. The van der Waals surface area contributed by atoms with Crippen LogP contribution in [-0.4, -0.2) is 0 Å². The molecule has 31 heavy (non-hydrogen) atoms. The van der Waals surface area contributed by atoms with E-state index in [1.165, 1.54) is 0 Å². The zero-order valence-electron chi connectivity index (χ0n) is 17.2.